The molecule has 23 heavy (non-hydrogen) atoms. The monoisotopic (exact) mass is 329 g/mol. The van der Waals surface area contributed by atoms with Crippen LogP contribution in [0.4, 0.5) is 5.69 Å². The highest BCUT2D eigenvalue weighted by atomic mass is 32.2. The lowest BCUT2D eigenvalue weighted by molar-refractivity contribution is -0.115. The highest BCUT2D eigenvalue weighted by molar-refractivity contribution is 7.99. The number of carbonyl (C=O) groups is 1. The number of nitrogens with one attached hydrogen (secondary N) is 1. The molecule has 1 N–H and O–H groups in total. The van der Waals surface area contributed by atoms with E-state index in [9.17, 15) is 4.79 Å². The molecule has 3 nitrogen and oxygen atoms in total. The first kappa shape index (κ1) is 17.4. The van der Waals surface area contributed by atoms with E-state index in [1.165, 1.54) is 5.56 Å². The van der Waals surface area contributed by atoms with Crippen molar-refractivity contribution in [1.29, 1.82) is 0 Å². The van der Waals surface area contributed by atoms with Crippen molar-refractivity contribution in [2.45, 2.75) is 31.3 Å². The quantitative estimate of drug-likeness (QED) is 0.760. The van der Waals surface area contributed by atoms with Gasteiger partial charge in [0.15, 0.2) is 0 Å². The average molecular weight is 329 g/mol. The highest BCUT2D eigenvalue weighted by Crippen LogP contribution is 2.22. The zero-order valence-electron chi connectivity index (χ0n) is 13.6. The minimum absolute atomic E-state index is 0.0533. The second kappa shape index (κ2) is 9.26. The molecule has 0 saturated carbocycles. The molecule has 0 aromatic heterocycles. The first-order chi connectivity index (χ1) is 11.2. The van der Waals surface area contributed by atoms with Crippen LogP contribution in [0.5, 0.6) is 5.75 Å². The van der Waals surface area contributed by atoms with Gasteiger partial charge in [0.2, 0.25) is 5.91 Å². The summed E-state index contributed by atoms with van der Waals surface area (Å²) in [6.45, 7) is 4.63. The molecule has 0 fully saturated rings. The van der Waals surface area contributed by atoms with Crippen LogP contribution in [-0.4, -0.2) is 17.8 Å². The molecule has 2 rings (SSSR count). The molecule has 0 heterocycles. The van der Waals surface area contributed by atoms with Crippen molar-refractivity contribution in [1.82, 2.24) is 0 Å². The number of thioether (sulfide) groups is 1. The Morgan fingerprint density at radius 3 is 2.39 bits per heavy atom. The van der Waals surface area contributed by atoms with Crippen LogP contribution >= 0.6 is 11.8 Å². The molecule has 2 aromatic rings. The van der Waals surface area contributed by atoms with E-state index in [1.54, 1.807) is 11.8 Å². The third-order valence-electron chi connectivity index (χ3n) is 3.39. The third kappa shape index (κ3) is 5.64. The van der Waals surface area contributed by atoms with Gasteiger partial charge in [0.25, 0.3) is 0 Å². The Hall–Kier alpha value is -1.94. The van der Waals surface area contributed by atoms with Crippen molar-refractivity contribution < 1.29 is 9.53 Å². The zero-order valence-corrected chi connectivity index (χ0v) is 14.4. The molecular formula is C19H23NO2S. The number of benzene rings is 2. The Balaban J connectivity index is 1.89. The van der Waals surface area contributed by atoms with Gasteiger partial charge in [-0.25, -0.2) is 0 Å². The SMILES string of the molecule is CCOc1ccc(NC(=O)C(CC)SCc2ccccc2)cc1. The lowest BCUT2D eigenvalue weighted by atomic mass is 10.2. The van der Waals surface area contributed by atoms with E-state index < -0.39 is 0 Å². The molecule has 0 spiro atoms. The Morgan fingerprint density at radius 2 is 1.78 bits per heavy atom. The number of amides is 1. The lowest BCUT2D eigenvalue weighted by Crippen LogP contribution is -2.24. The number of rotatable bonds is 8. The van der Waals surface area contributed by atoms with Crippen LogP contribution in [0, 0.1) is 0 Å². The van der Waals surface area contributed by atoms with Gasteiger partial charge in [0, 0.05) is 11.4 Å². The molecule has 0 aliphatic heterocycles. The van der Waals surface area contributed by atoms with E-state index in [0.717, 1.165) is 23.6 Å². The van der Waals surface area contributed by atoms with Gasteiger partial charge in [-0.2, -0.15) is 0 Å². The minimum Gasteiger partial charge on any atom is -0.494 e. The maximum absolute atomic E-state index is 12.4. The van der Waals surface area contributed by atoms with Crippen molar-refractivity contribution in [3.8, 4) is 5.75 Å². The molecule has 0 aliphatic carbocycles. The van der Waals surface area contributed by atoms with Gasteiger partial charge in [-0.05, 0) is 43.2 Å². The average Bonchev–Trinajstić information content (AvgIpc) is 2.58. The van der Waals surface area contributed by atoms with E-state index in [4.69, 9.17) is 4.74 Å². The lowest BCUT2D eigenvalue weighted by Gasteiger charge is -2.15. The summed E-state index contributed by atoms with van der Waals surface area (Å²) in [5, 5.41) is 2.93. The number of hydrogen-bond acceptors (Lipinski definition) is 3. The molecule has 0 bridgehead atoms. The fraction of sp³-hybridized carbons (Fsp3) is 0.316. The number of ether oxygens (including phenoxy) is 1. The molecule has 1 unspecified atom stereocenters. The molecule has 0 radical (unpaired) electrons. The largest absolute Gasteiger partial charge is 0.494 e. The normalized spacial score (nSPS) is 11.7. The topological polar surface area (TPSA) is 38.3 Å². The van der Waals surface area contributed by atoms with Crippen molar-refractivity contribution >= 4 is 23.4 Å². The molecule has 0 aliphatic rings. The van der Waals surface area contributed by atoms with Gasteiger partial charge in [-0.1, -0.05) is 37.3 Å². The van der Waals surface area contributed by atoms with Gasteiger partial charge >= 0.3 is 0 Å². The first-order valence-electron chi connectivity index (χ1n) is 7.92. The number of hydrogen-bond donors (Lipinski definition) is 1. The van der Waals surface area contributed by atoms with E-state index in [2.05, 4.69) is 17.4 Å². The van der Waals surface area contributed by atoms with Crippen LogP contribution in [0.1, 0.15) is 25.8 Å². The number of carbonyl (C=O) groups excluding carboxylic acids is 1. The highest BCUT2D eigenvalue weighted by Gasteiger charge is 2.17. The van der Waals surface area contributed by atoms with Crippen LogP contribution < -0.4 is 10.1 Å². The summed E-state index contributed by atoms with van der Waals surface area (Å²) >= 11 is 1.68. The first-order valence-corrected chi connectivity index (χ1v) is 8.97. The van der Waals surface area contributed by atoms with Gasteiger partial charge in [0.1, 0.15) is 5.75 Å². The van der Waals surface area contributed by atoms with Crippen LogP contribution in [0.15, 0.2) is 54.6 Å². The molecule has 0 saturated heterocycles. The Labute approximate surface area is 142 Å². The molecule has 122 valence electrons. The summed E-state index contributed by atoms with van der Waals surface area (Å²) in [4.78, 5) is 12.4. The van der Waals surface area contributed by atoms with E-state index in [0.29, 0.717) is 6.61 Å². The smallest absolute Gasteiger partial charge is 0.237 e. The van der Waals surface area contributed by atoms with Crippen molar-refractivity contribution in [3.63, 3.8) is 0 Å². The van der Waals surface area contributed by atoms with Crippen LogP contribution in [0.2, 0.25) is 0 Å². The van der Waals surface area contributed by atoms with Gasteiger partial charge in [0.05, 0.1) is 11.9 Å². The summed E-state index contributed by atoms with van der Waals surface area (Å²) in [6.07, 6.45) is 0.806. The van der Waals surface area contributed by atoms with Gasteiger partial charge in [-0.15, -0.1) is 11.8 Å². The summed E-state index contributed by atoms with van der Waals surface area (Å²) in [5.74, 6) is 1.71. The second-order valence-corrected chi connectivity index (χ2v) is 6.33. The number of anilines is 1. The molecule has 1 atom stereocenters. The fourth-order valence-corrected chi connectivity index (χ4v) is 3.21. The molecular weight excluding hydrogens is 306 g/mol. The predicted molar refractivity (Wildman–Crippen MR) is 98.1 cm³/mol. The minimum atomic E-state index is -0.0539. The van der Waals surface area contributed by atoms with Gasteiger partial charge < -0.3 is 10.1 Å². The fourth-order valence-electron chi connectivity index (χ4n) is 2.17. The maximum Gasteiger partial charge on any atom is 0.237 e. The molecule has 2 aromatic carbocycles. The summed E-state index contributed by atoms with van der Waals surface area (Å²) in [6, 6.07) is 17.7. The Morgan fingerprint density at radius 1 is 1.09 bits per heavy atom. The molecule has 4 heteroatoms. The van der Waals surface area contributed by atoms with Crippen molar-refractivity contribution in [3.05, 3.63) is 60.2 Å². The van der Waals surface area contributed by atoms with E-state index in [-0.39, 0.29) is 11.2 Å². The van der Waals surface area contributed by atoms with E-state index >= 15 is 0 Å². The summed E-state index contributed by atoms with van der Waals surface area (Å²) in [5.41, 5.74) is 2.04. The van der Waals surface area contributed by atoms with Gasteiger partial charge in [-0.3, -0.25) is 4.79 Å². The predicted octanol–water partition coefficient (Wildman–Crippen LogP) is 4.74. The van der Waals surface area contributed by atoms with Crippen LogP contribution in [0.25, 0.3) is 0 Å². The third-order valence-corrected chi connectivity index (χ3v) is 4.84. The summed E-state index contributed by atoms with van der Waals surface area (Å²) < 4.78 is 5.41. The summed E-state index contributed by atoms with van der Waals surface area (Å²) in [7, 11) is 0. The van der Waals surface area contributed by atoms with Crippen LogP contribution in [0.3, 0.4) is 0 Å². The van der Waals surface area contributed by atoms with Crippen LogP contribution in [-0.2, 0) is 10.5 Å². The zero-order chi connectivity index (χ0) is 16.5. The Bertz CT molecular complexity index is 599. The Kier molecular flexibility index (Phi) is 7.01. The second-order valence-electron chi connectivity index (χ2n) is 5.14. The van der Waals surface area contributed by atoms with Crippen molar-refractivity contribution in [2.24, 2.45) is 0 Å². The molecule has 1 amide bonds. The standard InChI is InChI=1S/C19H23NO2S/c1-3-18(23-14-15-8-6-5-7-9-15)19(21)20-16-10-12-17(13-11-16)22-4-2/h5-13,18H,3-4,14H2,1-2H3,(H,20,21). The maximum atomic E-state index is 12.4. The van der Waals surface area contributed by atoms with Crippen molar-refractivity contribution in [2.75, 3.05) is 11.9 Å². The van der Waals surface area contributed by atoms with E-state index in [1.807, 2.05) is 56.3 Å².